The third-order valence-electron chi connectivity index (χ3n) is 8.25. The van der Waals surface area contributed by atoms with Crippen molar-refractivity contribution < 1.29 is 14.4 Å². The van der Waals surface area contributed by atoms with Gasteiger partial charge in [-0.05, 0) is 56.6 Å². The first-order valence-corrected chi connectivity index (χ1v) is 14.3. The van der Waals surface area contributed by atoms with Gasteiger partial charge in [-0.2, -0.15) is 0 Å². The molecule has 2 aliphatic heterocycles. The van der Waals surface area contributed by atoms with Gasteiger partial charge in [0.2, 0.25) is 11.8 Å². The molecule has 5 rings (SSSR count). The Hall–Kier alpha value is -3.69. The Bertz CT molecular complexity index is 1240. The van der Waals surface area contributed by atoms with Gasteiger partial charge in [-0.15, -0.1) is 0 Å². The van der Waals surface area contributed by atoms with Crippen LogP contribution in [0.4, 0.5) is 23.0 Å². The Morgan fingerprint density at radius 3 is 2.54 bits per heavy atom. The van der Waals surface area contributed by atoms with E-state index in [1.165, 1.54) is 19.0 Å². The zero-order valence-corrected chi connectivity index (χ0v) is 23.1. The van der Waals surface area contributed by atoms with Crippen LogP contribution in [-0.4, -0.2) is 59.4 Å². The van der Waals surface area contributed by atoms with Gasteiger partial charge < -0.3 is 25.8 Å². The second-order valence-electron chi connectivity index (χ2n) is 10.7. The number of amides is 3. The van der Waals surface area contributed by atoms with Gasteiger partial charge in [-0.1, -0.05) is 26.7 Å². The molecule has 0 spiro atoms. The van der Waals surface area contributed by atoms with Crippen molar-refractivity contribution >= 4 is 40.7 Å². The molecule has 0 bridgehead atoms. The van der Waals surface area contributed by atoms with Crippen LogP contribution in [0.1, 0.15) is 81.1 Å². The van der Waals surface area contributed by atoms with Gasteiger partial charge in [-0.3, -0.25) is 14.4 Å². The summed E-state index contributed by atoms with van der Waals surface area (Å²) in [4.78, 5) is 51.6. The average molecular weight is 534 g/mol. The molecule has 1 saturated heterocycles. The predicted molar refractivity (Wildman–Crippen MR) is 151 cm³/mol. The number of aryl methyl sites for hydroxylation is 1. The minimum atomic E-state index is -0.526. The third kappa shape index (κ3) is 5.42. The van der Waals surface area contributed by atoms with Crippen molar-refractivity contribution in [1.82, 2.24) is 20.6 Å². The van der Waals surface area contributed by atoms with Crippen molar-refractivity contribution in [2.45, 2.75) is 89.8 Å². The van der Waals surface area contributed by atoms with Crippen molar-refractivity contribution in [1.29, 1.82) is 0 Å². The molecule has 39 heavy (non-hydrogen) atoms. The van der Waals surface area contributed by atoms with E-state index in [0.29, 0.717) is 42.6 Å². The summed E-state index contributed by atoms with van der Waals surface area (Å²) in [5.74, 6) is 0.954. The number of carbonyl (C=O) groups excluding carboxylic acids is 3. The number of carbonyl (C=O) groups is 3. The Morgan fingerprint density at radius 2 is 1.79 bits per heavy atom. The number of nitrogens with one attached hydrogen (secondary N) is 3. The number of aromatic nitrogens is 2. The Kier molecular flexibility index (Phi) is 7.99. The van der Waals surface area contributed by atoms with Crippen LogP contribution in [0.25, 0.3) is 0 Å². The van der Waals surface area contributed by atoms with Crippen LogP contribution in [0.2, 0.25) is 0 Å². The molecule has 2 fully saturated rings. The molecule has 3 N–H and O–H groups in total. The summed E-state index contributed by atoms with van der Waals surface area (Å²) in [7, 11) is 1.82. The molecular weight excluding hydrogens is 494 g/mol. The molecule has 1 unspecified atom stereocenters. The van der Waals surface area contributed by atoms with E-state index in [0.717, 1.165) is 49.0 Å². The Balaban J connectivity index is 1.39. The lowest BCUT2D eigenvalue weighted by molar-refractivity contribution is -0.122. The molecule has 2 aromatic rings. The van der Waals surface area contributed by atoms with E-state index in [9.17, 15) is 14.4 Å². The number of anilines is 4. The van der Waals surface area contributed by atoms with Gasteiger partial charge in [-0.25, -0.2) is 9.97 Å². The van der Waals surface area contributed by atoms with Crippen LogP contribution in [0.3, 0.4) is 0 Å². The van der Waals surface area contributed by atoms with Gasteiger partial charge >= 0.3 is 0 Å². The zero-order chi connectivity index (χ0) is 27.5. The van der Waals surface area contributed by atoms with E-state index in [4.69, 9.17) is 0 Å². The molecule has 1 saturated carbocycles. The highest BCUT2D eigenvalue weighted by Gasteiger charge is 2.40. The lowest BCUT2D eigenvalue weighted by atomic mass is 10.0. The van der Waals surface area contributed by atoms with Crippen molar-refractivity contribution in [2.24, 2.45) is 0 Å². The molecule has 2 aromatic heterocycles. The van der Waals surface area contributed by atoms with Crippen LogP contribution in [0, 0.1) is 0 Å². The second-order valence-corrected chi connectivity index (χ2v) is 10.7. The predicted octanol–water partition coefficient (Wildman–Crippen LogP) is 3.69. The lowest BCUT2D eigenvalue weighted by Gasteiger charge is -2.44. The van der Waals surface area contributed by atoms with Gasteiger partial charge in [0.15, 0.2) is 0 Å². The first-order chi connectivity index (χ1) is 18.9. The number of rotatable bonds is 7. The molecule has 10 heteroatoms. The highest BCUT2D eigenvalue weighted by molar-refractivity contribution is 6.05. The number of pyridine rings is 2. The summed E-state index contributed by atoms with van der Waals surface area (Å²) in [6.45, 7) is 4.73. The molecular formula is C29H39N7O3. The maximum atomic E-state index is 13.2. The van der Waals surface area contributed by atoms with E-state index < -0.39 is 6.04 Å². The summed E-state index contributed by atoms with van der Waals surface area (Å²) in [5, 5.41) is 9.08. The normalized spacial score (nSPS) is 21.8. The standard InChI is InChI=1S/C29H39N7O3/c1-4-18-14-19(27(37)33-21-12-8-9-13-30-28(21)38)16-32-26(18)34-25-15-23-24(17-31-25)35(3)29(39)22(5-2)36(23)20-10-6-7-11-20/h14-17,20-22H,4-13H2,1-3H3,(H,30,38)(H,33,37)(H,31,32,34)/t21?,22-/m1/s1. The number of likely N-dealkylation sites (N-methyl/N-ethyl adjacent to an activating group) is 1. The summed E-state index contributed by atoms with van der Waals surface area (Å²) >= 11 is 0. The zero-order valence-electron chi connectivity index (χ0n) is 23.1. The largest absolute Gasteiger partial charge is 0.355 e. The molecule has 0 radical (unpaired) electrons. The second kappa shape index (κ2) is 11.6. The van der Waals surface area contributed by atoms with E-state index >= 15 is 0 Å². The van der Waals surface area contributed by atoms with Gasteiger partial charge in [0.1, 0.15) is 23.7 Å². The molecule has 0 aromatic carbocycles. The fraction of sp³-hybridized carbons (Fsp3) is 0.552. The van der Waals surface area contributed by atoms with Crippen molar-refractivity contribution in [3.63, 3.8) is 0 Å². The highest BCUT2D eigenvalue weighted by Crippen LogP contribution is 2.42. The first kappa shape index (κ1) is 26.9. The summed E-state index contributed by atoms with van der Waals surface area (Å²) in [5.41, 5.74) is 3.13. The maximum Gasteiger partial charge on any atom is 0.253 e. The van der Waals surface area contributed by atoms with E-state index in [1.807, 2.05) is 26.1 Å². The van der Waals surface area contributed by atoms with Crippen LogP contribution in [0.15, 0.2) is 24.5 Å². The molecule has 1 aliphatic carbocycles. The van der Waals surface area contributed by atoms with Crippen LogP contribution in [0.5, 0.6) is 0 Å². The highest BCUT2D eigenvalue weighted by atomic mass is 16.2. The van der Waals surface area contributed by atoms with Crippen molar-refractivity contribution in [3.05, 3.63) is 35.7 Å². The van der Waals surface area contributed by atoms with Crippen LogP contribution < -0.4 is 25.8 Å². The molecule has 2 atom stereocenters. The van der Waals surface area contributed by atoms with Crippen molar-refractivity contribution in [3.8, 4) is 0 Å². The van der Waals surface area contributed by atoms with E-state index in [1.54, 1.807) is 11.1 Å². The van der Waals surface area contributed by atoms with E-state index in [-0.39, 0.29) is 23.8 Å². The summed E-state index contributed by atoms with van der Waals surface area (Å²) in [6.07, 6.45) is 11.7. The molecule has 208 valence electrons. The Labute approximate surface area is 229 Å². The quantitative estimate of drug-likeness (QED) is 0.497. The molecule has 3 amide bonds. The fourth-order valence-corrected chi connectivity index (χ4v) is 6.06. The SMILES string of the molecule is CCc1cc(C(=O)NC2CCCCNC2=O)cnc1Nc1cc2c(cn1)N(C)C(=O)[C@@H](CC)N2C1CCCC1. The minimum absolute atomic E-state index is 0.115. The number of fused-ring (bicyclic) bond motifs is 1. The number of hydrogen-bond acceptors (Lipinski definition) is 7. The number of hydrogen-bond donors (Lipinski definition) is 3. The monoisotopic (exact) mass is 533 g/mol. The van der Waals surface area contributed by atoms with Gasteiger partial charge in [0.25, 0.3) is 5.91 Å². The maximum absolute atomic E-state index is 13.2. The fourth-order valence-electron chi connectivity index (χ4n) is 6.06. The third-order valence-corrected chi connectivity index (χ3v) is 8.25. The summed E-state index contributed by atoms with van der Waals surface area (Å²) in [6, 6.07) is 3.48. The number of nitrogens with zero attached hydrogens (tertiary/aromatic N) is 4. The Morgan fingerprint density at radius 1 is 1.03 bits per heavy atom. The van der Waals surface area contributed by atoms with Crippen LogP contribution in [-0.2, 0) is 16.0 Å². The van der Waals surface area contributed by atoms with Crippen molar-refractivity contribution in [2.75, 3.05) is 28.7 Å². The smallest absolute Gasteiger partial charge is 0.253 e. The first-order valence-electron chi connectivity index (χ1n) is 14.3. The molecule has 4 heterocycles. The van der Waals surface area contributed by atoms with Crippen LogP contribution >= 0.6 is 0 Å². The minimum Gasteiger partial charge on any atom is -0.355 e. The van der Waals surface area contributed by atoms with Gasteiger partial charge in [0.05, 0.1) is 23.1 Å². The molecule has 3 aliphatic rings. The van der Waals surface area contributed by atoms with Gasteiger partial charge in [0, 0.05) is 31.9 Å². The van der Waals surface area contributed by atoms with E-state index in [2.05, 4.69) is 37.7 Å². The molecule has 10 nitrogen and oxygen atoms in total. The lowest BCUT2D eigenvalue weighted by Crippen LogP contribution is -2.55. The summed E-state index contributed by atoms with van der Waals surface area (Å²) < 4.78 is 0. The average Bonchev–Trinajstić information content (AvgIpc) is 3.40. The topological polar surface area (TPSA) is 120 Å².